The first kappa shape index (κ1) is 14.4. The van der Waals surface area contributed by atoms with Crippen molar-refractivity contribution in [3.63, 3.8) is 0 Å². The van der Waals surface area contributed by atoms with Gasteiger partial charge in [0.05, 0.1) is 22.4 Å². The smallest absolute Gasteiger partial charge is 0.229 e. The van der Waals surface area contributed by atoms with Crippen molar-refractivity contribution in [2.75, 3.05) is 18.1 Å². The molecule has 7 heteroatoms. The third-order valence-corrected chi connectivity index (χ3v) is 5.08. The number of nitrogens with two attached hydrogens (primary N) is 1. The van der Waals surface area contributed by atoms with Gasteiger partial charge in [-0.2, -0.15) is 0 Å². The van der Waals surface area contributed by atoms with Gasteiger partial charge in [-0.05, 0) is 18.8 Å². The molecule has 3 N–H and O–H groups in total. The van der Waals surface area contributed by atoms with Gasteiger partial charge in [0.2, 0.25) is 5.91 Å². The second-order valence-corrected chi connectivity index (χ2v) is 7.08. The molecule has 2 atom stereocenters. The number of carbonyl (C=O) groups is 1. The van der Waals surface area contributed by atoms with E-state index in [4.69, 9.17) is 18.0 Å². The van der Waals surface area contributed by atoms with Crippen molar-refractivity contribution in [3.05, 3.63) is 0 Å². The molecule has 1 rings (SSSR count). The Bertz CT molecular complexity index is 406. The van der Waals surface area contributed by atoms with E-state index < -0.39 is 15.8 Å². The molecule has 1 saturated heterocycles. The number of hydrogen-bond donors (Lipinski definition) is 2. The average Bonchev–Trinajstić information content (AvgIpc) is 2.56. The van der Waals surface area contributed by atoms with Crippen molar-refractivity contribution in [3.8, 4) is 0 Å². The standard InChI is InChI=1S/C10H18N2O3S2/c1-2-8(9(11)16)10(13)12-5-7-3-4-17(14,15)6-7/h7-8H,2-6H2,1H3,(H2,11,16)(H,12,13). The summed E-state index contributed by atoms with van der Waals surface area (Å²) in [4.78, 5) is 11.9. The molecule has 0 bridgehead atoms. The highest BCUT2D eigenvalue weighted by atomic mass is 32.2. The Labute approximate surface area is 107 Å². The fourth-order valence-corrected chi connectivity index (χ4v) is 4.05. The summed E-state index contributed by atoms with van der Waals surface area (Å²) < 4.78 is 22.5. The number of nitrogens with one attached hydrogen (secondary N) is 1. The van der Waals surface area contributed by atoms with Gasteiger partial charge in [0.25, 0.3) is 0 Å². The molecule has 0 radical (unpaired) electrons. The minimum absolute atomic E-state index is 0.0211. The summed E-state index contributed by atoms with van der Waals surface area (Å²) in [5.74, 6) is -0.253. The van der Waals surface area contributed by atoms with Crippen LogP contribution in [0.25, 0.3) is 0 Å². The highest BCUT2D eigenvalue weighted by molar-refractivity contribution is 7.91. The molecule has 0 aromatic carbocycles. The number of carbonyl (C=O) groups excluding carboxylic acids is 1. The minimum Gasteiger partial charge on any atom is -0.393 e. The van der Waals surface area contributed by atoms with E-state index >= 15 is 0 Å². The van der Waals surface area contributed by atoms with Gasteiger partial charge in [0, 0.05) is 6.54 Å². The molecule has 1 aliphatic rings. The highest BCUT2D eigenvalue weighted by Crippen LogP contribution is 2.17. The molecule has 0 spiro atoms. The van der Waals surface area contributed by atoms with Crippen LogP contribution >= 0.6 is 12.2 Å². The van der Waals surface area contributed by atoms with E-state index in [-0.39, 0.29) is 28.3 Å². The van der Waals surface area contributed by atoms with Gasteiger partial charge in [-0.1, -0.05) is 19.1 Å². The van der Waals surface area contributed by atoms with Crippen LogP contribution in [0.3, 0.4) is 0 Å². The summed E-state index contributed by atoms with van der Waals surface area (Å²) in [5.41, 5.74) is 5.45. The Morgan fingerprint density at radius 3 is 2.65 bits per heavy atom. The van der Waals surface area contributed by atoms with Crippen molar-refractivity contribution in [1.29, 1.82) is 0 Å². The van der Waals surface area contributed by atoms with Crippen LogP contribution in [0.2, 0.25) is 0 Å². The van der Waals surface area contributed by atoms with E-state index in [1.54, 1.807) is 0 Å². The van der Waals surface area contributed by atoms with Crippen LogP contribution in [0.1, 0.15) is 19.8 Å². The van der Waals surface area contributed by atoms with Crippen LogP contribution in [-0.4, -0.2) is 37.4 Å². The zero-order chi connectivity index (χ0) is 13.1. The van der Waals surface area contributed by atoms with Gasteiger partial charge in [-0.3, -0.25) is 4.79 Å². The fourth-order valence-electron chi connectivity index (χ4n) is 1.92. The SMILES string of the molecule is CCC(C(=O)NCC1CCS(=O)(=O)C1)C(N)=S. The quantitative estimate of drug-likeness (QED) is 0.683. The maximum absolute atomic E-state index is 11.7. The normalized spacial score (nSPS) is 24.2. The predicted octanol–water partition coefficient (Wildman–Crippen LogP) is -0.150. The number of thiocarbonyl (C=S) groups is 1. The summed E-state index contributed by atoms with van der Waals surface area (Å²) in [6.07, 6.45) is 1.18. The molecular formula is C10H18N2O3S2. The van der Waals surface area contributed by atoms with E-state index in [9.17, 15) is 13.2 Å². The van der Waals surface area contributed by atoms with Crippen LogP contribution in [-0.2, 0) is 14.6 Å². The molecule has 0 aliphatic carbocycles. The second-order valence-electron chi connectivity index (χ2n) is 4.38. The fraction of sp³-hybridized carbons (Fsp3) is 0.800. The Balaban J connectivity index is 2.41. The maximum atomic E-state index is 11.7. The second kappa shape index (κ2) is 5.77. The zero-order valence-electron chi connectivity index (χ0n) is 9.81. The molecule has 17 heavy (non-hydrogen) atoms. The number of amides is 1. The summed E-state index contributed by atoms with van der Waals surface area (Å²) in [6, 6.07) is 0. The maximum Gasteiger partial charge on any atom is 0.229 e. The monoisotopic (exact) mass is 278 g/mol. The first-order chi connectivity index (χ1) is 7.85. The molecule has 1 aliphatic heterocycles. The Hall–Kier alpha value is -0.690. The van der Waals surface area contributed by atoms with Gasteiger partial charge in [-0.15, -0.1) is 0 Å². The number of sulfone groups is 1. The van der Waals surface area contributed by atoms with Gasteiger partial charge in [-0.25, -0.2) is 8.42 Å². The molecule has 1 amide bonds. The van der Waals surface area contributed by atoms with Gasteiger partial charge in [0.1, 0.15) is 0 Å². The molecule has 1 heterocycles. The first-order valence-electron chi connectivity index (χ1n) is 5.63. The van der Waals surface area contributed by atoms with E-state index in [1.165, 1.54) is 0 Å². The Kier molecular flexibility index (Phi) is 4.88. The van der Waals surface area contributed by atoms with E-state index in [2.05, 4.69) is 5.32 Å². The molecule has 1 fully saturated rings. The molecule has 5 nitrogen and oxygen atoms in total. The lowest BCUT2D eigenvalue weighted by Crippen LogP contribution is -2.39. The molecule has 0 aromatic heterocycles. The lowest BCUT2D eigenvalue weighted by atomic mass is 10.0. The van der Waals surface area contributed by atoms with Crippen molar-refractivity contribution >= 4 is 33.0 Å². The van der Waals surface area contributed by atoms with Gasteiger partial charge < -0.3 is 11.1 Å². The highest BCUT2D eigenvalue weighted by Gasteiger charge is 2.28. The van der Waals surface area contributed by atoms with Crippen molar-refractivity contribution in [2.45, 2.75) is 19.8 Å². The summed E-state index contributed by atoms with van der Waals surface area (Å²) in [7, 11) is -2.89. The molecular weight excluding hydrogens is 260 g/mol. The van der Waals surface area contributed by atoms with Crippen LogP contribution < -0.4 is 11.1 Å². The zero-order valence-corrected chi connectivity index (χ0v) is 11.4. The molecule has 2 unspecified atom stereocenters. The number of rotatable bonds is 5. The Morgan fingerprint density at radius 2 is 2.24 bits per heavy atom. The van der Waals surface area contributed by atoms with Crippen molar-refractivity contribution < 1.29 is 13.2 Å². The van der Waals surface area contributed by atoms with Crippen LogP contribution in [0.4, 0.5) is 0 Å². The Morgan fingerprint density at radius 1 is 1.59 bits per heavy atom. The first-order valence-corrected chi connectivity index (χ1v) is 7.86. The summed E-state index contributed by atoms with van der Waals surface area (Å²) in [5, 5.41) is 2.72. The molecule has 0 aromatic rings. The van der Waals surface area contributed by atoms with Crippen LogP contribution in [0.5, 0.6) is 0 Å². The van der Waals surface area contributed by atoms with Crippen LogP contribution in [0, 0.1) is 11.8 Å². The lowest BCUT2D eigenvalue weighted by molar-refractivity contribution is -0.123. The molecule has 98 valence electrons. The van der Waals surface area contributed by atoms with E-state index in [0.29, 0.717) is 19.4 Å². The van der Waals surface area contributed by atoms with E-state index in [0.717, 1.165) is 0 Å². The van der Waals surface area contributed by atoms with Gasteiger partial charge in [0.15, 0.2) is 9.84 Å². The molecule has 0 saturated carbocycles. The minimum atomic E-state index is -2.89. The lowest BCUT2D eigenvalue weighted by Gasteiger charge is -2.15. The van der Waals surface area contributed by atoms with Crippen LogP contribution in [0.15, 0.2) is 0 Å². The average molecular weight is 278 g/mol. The van der Waals surface area contributed by atoms with Crippen molar-refractivity contribution in [1.82, 2.24) is 5.32 Å². The number of hydrogen-bond acceptors (Lipinski definition) is 4. The summed E-state index contributed by atoms with van der Waals surface area (Å²) in [6.45, 7) is 2.22. The third kappa shape index (κ3) is 4.23. The third-order valence-electron chi connectivity index (χ3n) is 2.96. The predicted molar refractivity (Wildman–Crippen MR) is 70.3 cm³/mol. The topological polar surface area (TPSA) is 89.3 Å². The van der Waals surface area contributed by atoms with Crippen molar-refractivity contribution in [2.24, 2.45) is 17.6 Å². The van der Waals surface area contributed by atoms with E-state index in [1.807, 2.05) is 6.92 Å². The summed E-state index contributed by atoms with van der Waals surface area (Å²) >= 11 is 4.80. The van der Waals surface area contributed by atoms with Gasteiger partial charge >= 0.3 is 0 Å². The largest absolute Gasteiger partial charge is 0.393 e.